The van der Waals surface area contributed by atoms with Crippen LogP contribution < -0.4 is 10.6 Å². The van der Waals surface area contributed by atoms with Crippen LogP contribution in [0.25, 0.3) is 0 Å². The molecule has 23 heavy (non-hydrogen) atoms. The lowest BCUT2D eigenvalue weighted by Crippen LogP contribution is -2.55. The zero-order valence-electron chi connectivity index (χ0n) is 12.4. The molecule has 0 unspecified atom stereocenters. The summed E-state index contributed by atoms with van der Waals surface area (Å²) in [5.74, 6) is -0.242. The van der Waals surface area contributed by atoms with Crippen LogP contribution in [-0.4, -0.2) is 54.7 Å². The van der Waals surface area contributed by atoms with Crippen LogP contribution in [0.5, 0.6) is 0 Å². The van der Waals surface area contributed by atoms with Gasteiger partial charge in [-0.05, 0) is 32.0 Å². The summed E-state index contributed by atoms with van der Waals surface area (Å²) in [4.78, 5) is 12.5. The summed E-state index contributed by atoms with van der Waals surface area (Å²) in [6.07, 6.45) is 0.123. The van der Waals surface area contributed by atoms with Crippen LogP contribution in [-0.2, 0) is 15.1 Å². The van der Waals surface area contributed by atoms with Crippen LogP contribution in [0.15, 0.2) is 18.5 Å². The zero-order chi connectivity index (χ0) is 16.1. The standard InChI is InChI=1S/C13H19F3N4O2.ClH/c14-13(15,16)10-22-9-7-18-11(21)12(2-5-17-6-3-12)20-8-1-4-19-20;/h1,4,8,17H,2-3,5-7,9-10H2,(H,18,21);1H. The number of hydrogen-bond acceptors (Lipinski definition) is 4. The lowest BCUT2D eigenvalue weighted by molar-refractivity contribution is -0.173. The number of aromatic nitrogens is 2. The number of halogens is 4. The molecule has 1 saturated heterocycles. The normalized spacial score (nSPS) is 17.3. The molecule has 2 heterocycles. The molecule has 1 aliphatic heterocycles. The molecule has 0 atom stereocenters. The molecular weight excluding hydrogens is 337 g/mol. The lowest BCUT2D eigenvalue weighted by Gasteiger charge is -2.36. The van der Waals surface area contributed by atoms with E-state index in [4.69, 9.17) is 0 Å². The van der Waals surface area contributed by atoms with Crippen LogP contribution in [0.2, 0.25) is 0 Å². The molecule has 0 spiro atoms. The molecule has 6 nitrogen and oxygen atoms in total. The highest BCUT2D eigenvalue weighted by molar-refractivity contribution is 5.85. The maximum atomic E-state index is 12.5. The summed E-state index contributed by atoms with van der Waals surface area (Å²) >= 11 is 0. The SMILES string of the molecule is Cl.O=C(NCCOCC(F)(F)F)C1(n2cccn2)CCNCC1. The zero-order valence-corrected chi connectivity index (χ0v) is 13.3. The van der Waals surface area contributed by atoms with Gasteiger partial charge in [0.15, 0.2) is 0 Å². The van der Waals surface area contributed by atoms with Gasteiger partial charge in [-0.1, -0.05) is 0 Å². The number of nitrogens with one attached hydrogen (secondary N) is 2. The molecule has 0 aliphatic carbocycles. The molecule has 1 amide bonds. The van der Waals surface area contributed by atoms with Gasteiger partial charge >= 0.3 is 6.18 Å². The van der Waals surface area contributed by atoms with Crippen molar-refractivity contribution >= 4 is 18.3 Å². The molecule has 1 aromatic heterocycles. The van der Waals surface area contributed by atoms with Gasteiger partial charge in [0, 0.05) is 18.9 Å². The summed E-state index contributed by atoms with van der Waals surface area (Å²) in [5, 5.41) is 9.98. The topological polar surface area (TPSA) is 68.2 Å². The van der Waals surface area contributed by atoms with Crippen molar-refractivity contribution < 1.29 is 22.7 Å². The van der Waals surface area contributed by atoms with E-state index < -0.39 is 18.3 Å². The molecule has 2 rings (SSSR count). The van der Waals surface area contributed by atoms with E-state index in [1.807, 2.05) is 0 Å². The van der Waals surface area contributed by atoms with E-state index in [-0.39, 0.29) is 31.5 Å². The van der Waals surface area contributed by atoms with Gasteiger partial charge in [-0.3, -0.25) is 9.48 Å². The Morgan fingerprint density at radius 2 is 2.09 bits per heavy atom. The van der Waals surface area contributed by atoms with E-state index in [0.717, 1.165) is 0 Å². The highest BCUT2D eigenvalue weighted by atomic mass is 35.5. The van der Waals surface area contributed by atoms with Crippen LogP contribution in [0.1, 0.15) is 12.8 Å². The van der Waals surface area contributed by atoms with E-state index in [1.54, 1.807) is 23.1 Å². The van der Waals surface area contributed by atoms with Gasteiger partial charge in [-0.15, -0.1) is 12.4 Å². The third-order valence-corrected chi connectivity index (χ3v) is 3.59. The summed E-state index contributed by atoms with van der Waals surface area (Å²) in [6.45, 7) is -0.100. The highest BCUT2D eigenvalue weighted by Crippen LogP contribution is 2.27. The minimum Gasteiger partial charge on any atom is -0.370 e. The van der Waals surface area contributed by atoms with Gasteiger partial charge in [-0.2, -0.15) is 18.3 Å². The maximum Gasteiger partial charge on any atom is 0.411 e. The van der Waals surface area contributed by atoms with Crippen molar-refractivity contribution in [3.05, 3.63) is 18.5 Å². The second-order valence-electron chi connectivity index (χ2n) is 5.16. The van der Waals surface area contributed by atoms with Crippen LogP contribution >= 0.6 is 12.4 Å². The molecule has 1 aliphatic rings. The van der Waals surface area contributed by atoms with E-state index in [2.05, 4.69) is 20.5 Å². The molecule has 1 fully saturated rings. The molecule has 0 saturated carbocycles. The number of hydrogen-bond donors (Lipinski definition) is 2. The van der Waals surface area contributed by atoms with Crippen molar-refractivity contribution in [3.8, 4) is 0 Å². The quantitative estimate of drug-likeness (QED) is 0.748. The number of rotatable bonds is 6. The van der Waals surface area contributed by atoms with Gasteiger partial charge in [0.05, 0.1) is 6.61 Å². The van der Waals surface area contributed by atoms with Crippen molar-refractivity contribution in [1.29, 1.82) is 0 Å². The molecule has 0 bridgehead atoms. The average molecular weight is 357 g/mol. The van der Waals surface area contributed by atoms with Crippen molar-refractivity contribution in [2.24, 2.45) is 0 Å². The first kappa shape index (κ1) is 19.7. The smallest absolute Gasteiger partial charge is 0.370 e. The van der Waals surface area contributed by atoms with E-state index >= 15 is 0 Å². The minimum atomic E-state index is -4.35. The Balaban J connectivity index is 0.00000264. The van der Waals surface area contributed by atoms with Crippen LogP contribution in [0, 0.1) is 0 Å². The second kappa shape index (κ2) is 8.51. The molecular formula is C13H20ClF3N4O2. The molecule has 0 radical (unpaired) electrons. The number of amides is 1. The Bertz CT molecular complexity index is 476. The molecule has 2 N–H and O–H groups in total. The number of piperidine rings is 1. The number of carbonyl (C=O) groups excluding carboxylic acids is 1. The van der Waals surface area contributed by atoms with Gasteiger partial charge in [0.2, 0.25) is 5.91 Å². The van der Waals surface area contributed by atoms with E-state index in [0.29, 0.717) is 25.9 Å². The summed E-state index contributed by atoms with van der Waals surface area (Å²) in [5.41, 5.74) is -0.793. The fraction of sp³-hybridized carbons (Fsp3) is 0.692. The summed E-state index contributed by atoms with van der Waals surface area (Å²) in [6, 6.07) is 1.74. The molecule has 1 aromatic rings. The van der Waals surface area contributed by atoms with Crippen molar-refractivity contribution in [1.82, 2.24) is 20.4 Å². The lowest BCUT2D eigenvalue weighted by atomic mass is 9.87. The van der Waals surface area contributed by atoms with Gasteiger partial charge in [0.25, 0.3) is 0 Å². The Morgan fingerprint density at radius 3 is 2.65 bits per heavy atom. The molecule has 132 valence electrons. The highest BCUT2D eigenvalue weighted by Gasteiger charge is 2.41. The average Bonchev–Trinajstić information content (AvgIpc) is 3.01. The van der Waals surface area contributed by atoms with Crippen LogP contribution in [0.3, 0.4) is 0 Å². The Kier molecular flexibility index (Phi) is 7.30. The fourth-order valence-electron chi connectivity index (χ4n) is 2.51. The first-order chi connectivity index (χ1) is 10.4. The summed E-state index contributed by atoms with van der Waals surface area (Å²) < 4.78 is 42.0. The van der Waals surface area contributed by atoms with Gasteiger partial charge < -0.3 is 15.4 Å². The van der Waals surface area contributed by atoms with Gasteiger partial charge in [0.1, 0.15) is 12.1 Å². The van der Waals surface area contributed by atoms with E-state index in [1.165, 1.54) is 0 Å². The summed E-state index contributed by atoms with van der Waals surface area (Å²) in [7, 11) is 0. The van der Waals surface area contributed by atoms with Gasteiger partial charge in [-0.25, -0.2) is 0 Å². The van der Waals surface area contributed by atoms with E-state index in [9.17, 15) is 18.0 Å². The third-order valence-electron chi connectivity index (χ3n) is 3.59. The number of alkyl halides is 3. The second-order valence-corrected chi connectivity index (χ2v) is 5.16. The predicted molar refractivity (Wildman–Crippen MR) is 79.4 cm³/mol. The predicted octanol–water partition coefficient (Wildman–Crippen LogP) is 1.08. The first-order valence-corrected chi connectivity index (χ1v) is 7.08. The molecule has 10 heteroatoms. The number of ether oxygens (including phenoxy) is 1. The third kappa shape index (κ3) is 5.36. The minimum absolute atomic E-state index is 0. The maximum absolute atomic E-state index is 12.5. The Hall–Kier alpha value is -1.32. The number of carbonyl (C=O) groups is 1. The fourth-order valence-corrected chi connectivity index (χ4v) is 2.51. The van der Waals surface area contributed by atoms with Crippen LogP contribution in [0.4, 0.5) is 13.2 Å². The monoisotopic (exact) mass is 356 g/mol. The molecule has 0 aromatic carbocycles. The van der Waals surface area contributed by atoms with Crippen molar-refractivity contribution in [3.63, 3.8) is 0 Å². The first-order valence-electron chi connectivity index (χ1n) is 7.08. The van der Waals surface area contributed by atoms with Crippen molar-refractivity contribution in [2.45, 2.75) is 24.6 Å². The van der Waals surface area contributed by atoms with Crippen molar-refractivity contribution in [2.75, 3.05) is 32.8 Å². The largest absolute Gasteiger partial charge is 0.411 e. The Labute approximate surface area is 138 Å². The number of nitrogens with zero attached hydrogens (tertiary/aromatic N) is 2. The Morgan fingerprint density at radius 1 is 1.39 bits per heavy atom.